The molecule has 3 aromatic heterocycles. The van der Waals surface area contributed by atoms with E-state index in [4.69, 9.17) is 0 Å². The molecule has 0 unspecified atom stereocenters. The van der Waals surface area contributed by atoms with E-state index in [1.54, 1.807) is 6.07 Å². The van der Waals surface area contributed by atoms with Crippen molar-refractivity contribution in [2.24, 2.45) is 0 Å². The van der Waals surface area contributed by atoms with Gasteiger partial charge in [-0.25, -0.2) is 14.8 Å². The van der Waals surface area contributed by atoms with Gasteiger partial charge in [0.15, 0.2) is 10.8 Å². The second-order valence-corrected chi connectivity index (χ2v) is 8.83. The maximum Gasteiger partial charge on any atom is 0.329 e. The van der Waals surface area contributed by atoms with Crippen molar-refractivity contribution in [2.75, 3.05) is 5.32 Å². The van der Waals surface area contributed by atoms with E-state index in [1.165, 1.54) is 15.9 Å². The summed E-state index contributed by atoms with van der Waals surface area (Å²) in [6.07, 6.45) is 0.682. The van der Waals surface area contributed by atoms with Crippen LogP contribution in [0.25, 0.3) is 21.3 Å². The molecule has 31 heavy (non-hydrogen) atoms. The van der Waals surface area contributed by atoms with E-state index in [2.05, 4.69) is 20.3 Å². The molecule has 0 atom stereocenters. The lowest BCUT2D eigenvalue weighted by Gasteiger charge is -2.14. The summed E-state index contributed by atoms with van der Waals surface area (Å²) >= 11 is 1.37. The molecular formula is C22H23N5O3S. The minimum atomic E-state index is -0.625. The largest absolute Gasteiger partial charge is 0.329 e. The molecule has 0 aliphatic heterocycles. The number of pyridine rings is 1. The number of aryl methyl sites for hydroxylation is 2. The number of amides is 1. The van der Waals surface area contributed by atoms with Gasteiger partial charge < -0.3 is 0 Å². The van der Waals surface area contributed by atoms with Crippen molar-refractivity contribution in [2.45, 2.75) is 46.6 Å². The SMILES string of the molecule is CCCn1c(=O)[nH]c(=O)c2c(C(=O)Nc3nc4ccc(C)cc4s3)cc(C(C)C)nc21. The summed E-state index contributed by atoms with van der Waals surface area (Å²) in [6, 6.07) is 7.50. The first-order valence-electron chi connectivity index (χ1n) is 10.1. The van der Waals surface area contributed by atoms with Gasteiger partial charge in [-0.2, -0.15) is 0 Å². The van der Waals surface area contributed by atoms with Crippen LogP contribution in [0.2, 0.25) is 0 Å². The maximum absolute atomic E-state index is 13.2. The van der Waals surface area contributed by atoms with Crippen LogP contribution in [0.3, 0.4) is 0 Å². The highest BCUT2D eigenvalue weighted by molar-refractivity contribution is 7.22. The first-order valence-corrected chi connectivity index (χ1v) is 11.0. The Morgan fingerprint density at radius 2 is 2.00 bits per heavy atom. The van der Waals surface area contributed by atoms with Gasteiger partial charge in [-0.1, -0.05) is 38.2 Å². The summed E-state index contributed by atoms with van der Waals surface area (Å²) in [5, 5.41) is 3.37. The number of hydrogen-bond acceptors (Lipinski definition) is 6. The van der Waals surface area contributed by atoms with Crippen LogP contribution in [0.5, 0.6) is 0 Å². The molecule has 1 amide bonds. The van der Waals surface area contributed by atoms with Gasteiger partial charge in [0.2, 0.25) is 0 Å². The Morgan fingerprint density at radius 1 is 1.23 bits per heavy atom. The molecule has 0 bridgehead atoms. The lowest BCUT2D eigenvalue weighted by Crippen LogP contribution is -2.32. The van der Waals surface area contributed by atoms with Crippen LogP contribution >= 0.6 is 11.3 Å². The predicted octanol–water partition coefficient (Wildman–Crippen LogP) is 3.79. The van der Waals surface area contributed by atoms with Crippen LogP contribution in [0.1, 0.15) is 54.7 Å². The van der Waals surface area contributed by atoms with Crippen molar-refractivity contribution in [1.82, 2.24) is 19.5 Å². The van der Waals surface area contributed by atoms with E-state index in [0.717, 1.165) is 15.8 Å². The third kappa shape index (κ3) is 3.88. The van der Waals surface area contributed by atoms with Crippen molar-refractivity contribution >= 4 is 43.6 Å². The minimum Gasteiger partial charge on any atom is -0.298 e. The minimum absolute atomic E-state index is 0.00541. The maximum atomic E-state index is 13.2. The van der Waals surface area contributed by atoms with Gasteiger partial charge in [0, 0.05) is 12.2 Å². The molecule has 160 valence electrons. The van der Waals surface area contributed by atoms with Crippen LogP contribution in [-0.4, -0.2) is 25.4 Å². The fraction of sp³-hybridized carbons (Fsp3) is 0.318. The molecule has 3 heterocycles. The molecule has 0 aliphatic carbocycles. The zero-order valence-electron chi connectivity index (χ0n) is 17.8. The molecule has 4 rings (SSSR count). The van der Waals surface area contributed by atoms with Crippen LogP contribution in [0.15, 0.2) is 33.9 Å². The van der Waals surface area contributed by atoms with Crippen molar-refractivity contribution in [1.29, 1.82) is 0 Å². The first kappa shape index (κ1) is 20.9. The number of carbonyl (C=O) groups excluding carboxylic acids is 1. The number of hydrogen-bond donors (Lipinski definition) is 2. The highest BCUT2D eigenvalue weighted by atomic mass is 32.1. The van der Waals surface area contributed by atoms with E-state index in [9.17, 15) is 14.4 Å². The van der Waals surface area contributed by atoms with Crippen molar-refractivity contribution in [3.8, 4) is 0 Å². The Kier molecular flexibility index (Phi) is 5.45. The molecule has 8 nitrogen and oxygen atoms in total. The highest BCUT2D eigenvalue weighted by Crippen LogP contribution is 2.28. The number of H-pyrrole nitrogens is 1. The third-order valence-electron chi connectivity index (χ3n) is 5.02. The molecule has 0 aliphatic rings. The second kappa shape index (κ2) is 8.07. The van der Waals surface area contributed by atoms with Crippen LogP contribution in [0, 0.1) is 6.92 Å². The van der Waals surface area contributed by atoms with E-state index in [0.29, 0.717) is 23.8 Å². The number of aromatic nitrogens is 4. The first-order chi connectivity index (χ1) is 14.8. The molecule has 1 aromatic carbocycles. The van der Waals surface area contributed by atoms with Gasteiger partial charge >= 0.3 is 5.69 Å². The quantitative estimate of drug-likeness (QED) is 0.494. The number of nitrogens with zero attached hydrogens (tertiary/aromatic N) is 3. The predicted molar refractivity (Wildman–Crippen MR) is 123 cm³/mol. The number of thiazole rings is 1. The zero-order valence-corrected chi connectivity index (χ0v) is 18.6. The second-order valence-electron chi connectivity index (χ2n) is 7.80. The number of carbonyl (C=O) groups is 1. The zero-order chi connectivity index (χ0) is 22.3. The van der Waals surface area contributed by atoms with Crippen LogP contribution in [-0.2, 0) is 6.54 Å². The summed E-state index contributed by atoms with van der Waals surface area (Å²) in [6.45, 7) is 8.20. The average molecular weight is 438 g/mol. The molecule has 0 saturated carbocycles. The standard InChI is InChI=1S/C22H23N5O3S/c1-5-8-27-18-17(20(29)26-22(27)30)13(10-15(23-18)11(2)3)19(28)25-21-24-14-7-6-12(4)9-16(14)31-21/h6-7,9-11H,5,8H2,1-4H3,(H,24,25,28)(H,26,29,30). The molecule has 0 radical (unpaired) electrons. The normalized spacial score (nSPS) is 11.5. The Labute approximate surface area is 182 Å². The smallest absolute Gasteiger partial charge is 0.298 e. The average Bonchev–Trinajstić information content (AvgIpc) is 3.11. The molecule has 0 saturated heterocycles. The van der Waals surface area contributed by atoms with Gasteiger partial charge in [0.1, 0.15) is 0 Å². The number of anilines is 1. The Bertz CT molecular complexity index is 1430. The number of nitrogens with one attached hydrogen (secondary N) is 2. The van der Waals surface area contributed by atoms with Crippen molar-refractivity contribution in [3.05, 3.63) is 61.9 Å². The number of aromatic amines is 1. The van der Waals surface area contributed by atoms with Crippen LogP contribution < -0.4 is 16.6 Å². The van der Waals surface area contributed by atoms with Gasteiger partial charge in [0.25, 0.3) is 11.5 Å². The molecule has 4 aromatic rings. The molecule has 0 spiro atoms. The van der Waals surface area contributed by atoms with E-state index in [-0.39, 0.29) is 22.5 Å². The number of rotatable bonds is 5. The fourth-order valence-corrected chi connectivity index (χ4v) is 4.41. The summed E-state index contributed by atoms with van der Waals surface area (Å²) in [7, 11) is 0. The van der Waals surface area contributed by atoms with E-state index >= 15 is 0 Å². The monoisotopic (exact) mass is 437 g/mol. The van der Waals surface area contributed by atoms with E-state index < -0.39 is 17.2 Å². The third-order valence-corrected chi connectivity index (χ3v) is 5.95. The lowest BCUT2D eigenvalue weighted by atomic mass is 10.0. The number of fused-ring (bicyclic) bond motifs is 2. The van der Waals surface area contributed by atoms with Gasteiger partial charge in [0.05, 0.1) is 21.2 Å². The summed E-state index contributed by atoms with van der Waals surface area (Å²) in [5.74, 6) is -0.455. The van der Waals surface area contributed by atoms with Crippen LogP contribution in [0.4, 0.5) is 5.13 Å². The summed E-state index contributed by atoms with van der Waals surface area (Å²) < 4.78 is 2.38. The molecule has 2 N–H and O–H groups in total. The van der Waals surface area contributed by atoms with Gasteiger partial charge in [-0.15, -0.1) is 0 Å². The molecule has 0 fully saturated rings. The topological polar surface area (TPSA) is 110 Å². The Balaban J connectivity index is 1.88. The lowest BCUT2D eigenvalue weighted by molar-refractivity contribution is 0.102. The summed E-state index contributed by atoms with van der Waals surface area (Å²) in [5.41, 5.74) is 1.79. The Hall–Kier alpha value is -3.33. The van der Waals surface area contributed by atoms with E-state index in [1.807, 2.05) is 45.9 Å². The fourth-order valence-electron chi connectivity index (χ4n) is 3.45. The molecular weight excluding hydrogens is 414 g/mol. The van der Waals surface area contributed by atoms with Crippen molar-refractivity contribution in [3.63, 3.8) is 0 Å². The highest BCUT2D eigenvalue weighted by Gasteiger charge is 2.21. The number of benzene rings is 1. The van der Waals surface area contributed by atoms with Gasteiger partial charge in [-0.05, 0) is 43.0 Å². The van der Waals surface area contributed by atoms with Gasteiger partial charge in [-0.3, -0.25) is 24.5 Å². The molecule has 9 heteroatoms. The Morgan fingerprint density at radius 3 is 2.71 bits per heavy atom. The summed E-state index contributed by atoms with van der Waals surface area (Å²) in [4.78, 5) is 49.7. The van der Waals surface area contributed by atoms with Crippen molar-refractivity contribution < 1.29 is 4.79 Å².